The Labute approximate surface area is 205 Å². The van der Waals surface area contributed by atoms with Crippen molar-refractivity contribution in [2.75, 3.05) is 47.8 Å². The number of hydrogen-bond acceptors (Lipinski definition) is 6. The predicted molar refractivity (Wildman–Crippen MR) is 137 cm³/mol. The molecule has 0 bridgehead atoms. The van der Waals surface area contributed by atoms with E-state index in [1.165, 1.54) is 6.07 Å². The van der Waals surface area contributed by atoms with E-state index >= 15 is 0 Å². The fourth-order valence-electron chi connectivity index (χ4n) is 3.81. The van der Waals surface area contributed by atoms with Gasteiger partial charge in [-0.2, -0.15) is 0 Å². The number of nitrogens with zero attached hydrogens (tertiary/aromatic N) is 1. The predicted octanol–water partition coefficient (Wildman–Crippen LogP) is 4.28. The minimum atomic E-state index is -3.87. The Morgan fingerprint density at radius 1 is 0.971 bits per heavy atom. The maximum absolute atomic E-state index is 13.1. The minimum absolute atomic E-state index is 0.0897. The highest BCUT2D eigenvalue weighted by Crippen LogP contribution is 2.25. The van der Waals surface area contributed by atoms with Gasteiger partial charge in [-0.1, -0.05) is 6.07 Å². The van der Waals surface area contributed by atoms with Crippen LogP contribution in [0.15, 0.2) is 71.6 Å². The number of aryl methyl sites for hydroxylation is 1. The molecule has 0 saturated carbocycles. The molecule has 0 spiro atoms. The van der Waals surface area contributed by atoms with Gasteiger partial charge in [0.05, 0.1) is 24.7 Å². The van der Waals surface area contributed by atoms with Crippen LogP contribution in [0.2, 0.25) is 0 Å². The number of nitrogens with one attached hydrogen (secondary N) is 2. The van der Waals surface area contributed by atoms with Crippen LogP contribution < -0.4 is 19.7 Å². The number of benzene rings is 3. The summed E-state index contributed by atoms with van der Waals surface area (Å²) in [6.07, 6.45) is 0. The largest absolute Gasteiger partial charge is 0.494 e. The first-order valence-electron chi connectivity index (χ1n) is 11.5. The van der Waals surface area contributed by atoms with Gasteiger partial charge < -0.3 is 19.7 Å². The lowest BCUT2D eigenvalue weighted by atomic mass is 10.1. The Morgan fingerprint density at radius 3 is 2.29 bits per heavy atom. The highest BCUT2D eigenvalue weighted by Gasteiger charge is 2.19. The van der Waals surface area contributed by atoms with Crippen LogP contribution in [0.3, 0.4) is 0 Å². The monoisotopic (exact) mass is 495 g/mol. The van der Waals surface area contributed by atoms with Gasteiger partial charge in [-0.3, -0.25) is 9.52 Å². The van der Waals surface area contributed by atoms with Gasteiger partial charge >= 0.3 is 0 Å². The Balaban J connectivity index is 1.46. The summed E-state index contributed by atoms with van der Waals surface area (Å²) in [7, 11) is -3.87. The lowest BCUT2D eigenvalue weighted by Gasteiger charge is -2.28. The minimum Gasteiger partial charge on any atom is -0.494 e. The summed E-state index contributed by atoms with van der Waals surface area (Å²) in [5, 5.41) is 2.80. The Kier molecular flexibility index (Phi) is 7.57. The number of anilines is 3. The summed E-state index contributed by atoms with van der Waals surface area (Å²) in [5.41, 5.74) is 2.90. The fraction of sp³-hybridized carbons (Fsp3) is 0.269. The van der Waals surface area contributed by atoms with Gasteiger partial charge in [-0.15, -0.1) is 0 Å². The zero-order valence-corrected chi connectivity index (χ0v) is 20.6. The van der Waals surface area contributed by atoms with Gasteiger partial charge in [0.25, 0.3) is 15.9 Å². The molecule has 35 heavy (non-hydrogen) atoms. The van der Waals surface area contributed by atoms with E-state index in [0.29, 0.717) is 48.1 Å². The first-order valence-corrected chi connectivity index (χ1v) is 12.9. The molecule has 1 heterocycles. The molecule has 3 aromatic rings. The van der Waals surface area contributed by atoms with E-state index in [0.717, 1.165) is 18.8 Å². The second kappa shape index (κ2) is 10.8. The highest BCUT2D eigenvalue weighted by molar-refractivity contribution is 7.92. The molecule has 9 heteroatoms. The van der Waals surface area contributed by atoms with E-state index in [1.807, 2.05) is 19.1 Å². The van der Waals surface area contributed by atoms with Crippen LogP contribution in [0.1, 0.15) is 22.8 Å². The molecule has 3 aromatic carbocycles. The number of carbonyl (C=O) groups excluding carboxylic acids is 1. The van der Waals surface area contributed by atoms with Crippen LogP contribution >= 0.6 is 0 Å². The van der Waals surface area contributed by atoms with Crippen molar-refractivity contribution in [3.63, 3.8) is 0 Å². The first kappa shape index (κ1) is 24.6. The maximum Gasteiger partial charge on any atom is 0.262 e. The molecule has 1 amide bonds. The molecule has 4 rings (SSSR count). The second-order valence-electron chi connectivity index (χ2n) is 8.14. The first-order chi connectivity index (χ1) is 16.9. The molecule has 0 unspecified atom stereocenters. The maximum atomic E-state index is 13.1. The third-order valence-corrected chi connectivity index (χ3v) is 7.18. The Morgan fingerprint density at radius 2 is 1.63 bits per heavy atom. The summed E-state index contributed by atoms with van der Waals surface area (Å²) in [6.45, 7) is 7.13. The molecular formula is C26H29N3O5S. The molecule has 1 aliphatic rings. The number of carbonyl (C=O) groups is 1. The smallest absolute Gasteiger partial charge is 0.262 e. The normalized spacial score (nSPS) is 13.8. The van der Waals surface area contributed by atoms with E-state index in [-0.39, 0.29) is 10.8 Å². The summed E-state index contributed by atoms with van der Waals surface area (Å²) in [6, 6.07) is 18.9. The Hall–Kier alpha value is -3.56. The van der Waals surface area contributed by atoms with Crippen LogP contribution in [-0.2, 0) is 14.8 Å². The van der Waals surface area contributed by atoms with E-state index in [1.54, 1.807) is 55.5 Å². The molecule has 1 fully saturated rings. The van der Waals surface area contributed by atoms with Gasteiger partial charge in [-0.25, -0.2) is 8.42 Å². The third kappa shape index (κ3) is 6.12. The van der Waals surface area contributed by atoms with Gasteiger partial charge in [0.15, 0.2) is 0 Å². The molecule has 1 aliphatic heterocycles. The molecule has 1 saturated heterocycles. The summed E-state index contributed by atoms with van der Waals surface area (Å²) < 4.78 is 39.5. The van der Waals surface area contributed by atoms with Crippen LogP contribution in [0, 0.1) is 6.92 Å². The zero-order valence-electron chi connectivity index (χ0n) is 19.8. The van der Waals surface area contributed by atoms with Gasteiger partial charge in [0, 0.05) is 35.7 Å². The van der Waals surface area contributed by atoms with Crippen LogP contribution in [0.4, 0.5) is 17.1 Å². The molecule has 0 aliphatic carbocycles. The standard InChI is InChI=1S/C26H29N3O5S/c1-3-34-24-12-8-21(9-13-24)28-35(31,32)25-18-22(7-4-19(25)2)27-26(30)20-5-10-23(11-6-20)29-14-16-33-17-15-29/h4-13,18,28H,3,14-17H2,1-2H3,(H,27,30). The molecule has 2 N–H and O–H groups in total. The number of sulfonamides is 1. The zero-order chi connectivity index (χ0) is 24.8. The molecule has 0 aromatic heterocycles. The van der Waals surface area contributed by atoms with E-state index in [2.05, 4.69) is 14.9 Å². The Bertz CT molecular complexity index is 1270. The SMILES string of the molecule is CCOc1ccc(NS(=O)(=O)c2cc(NC(=O)c3ccc(N4CCOCC4)cc3)ccc2C)cc1. The number of ether oxygens (including phenoxy) is 2. The van der Waals surface area contributed by atoms with Gasteiger partial charge in [0.1, 0.15) is 5.75 Å². The highest BCUT2D eigenvalue weighted by atomic mass is 32.2. The van der Waals surface area contributed by atoms with Crippen molar-refractivity contribution in [2.24, 2.45) is 0 Å². The lowest BCUT2D eigenvalue weighted by Crippen LogP contribution is -2.36. The van der Waals surface area contributed by atoms with Crippen molar-refractivity contribution in [3.05, 3.63) is 77.9 Å². The topological polar surface area (TPSA) is 97.0 Å². The molecule has 184 valence electrons. The number of morpholine rings is 1. The molecular weight excluding hydrogens is 466 g/mol. The van der Waals surface area contributed by atoms with Gasteiger partial charge in [-0.05, 0) is 80.1 Å². The van der Waals surface area contributed by atoms with Crippen molar-refractivity contribution in [3.8, 4) is 5.75 Å². The number of rotatable bonds is 8. The lowest BCUT2D eigenvalue weighted by molar-refractivity contribution is 0.102. The van der Waals surface area contributed by atoms with Crippen LogP contribution in [0.25, 0.3) is 0 Å². The average Bonchev–Trinajstić information content (AvgIpc) is 2.87. The molecule has 0 radical (unpaired) electrons. The van der Waals surface area contributed by atoms with Crippen molar-refractivity contribution in [2.45, 2.75) is 18.7 Å². The van der Waals surface area contributed by atoms with Crippen molar-refractivity contribution in [1.82, 2.24) is 0 Å². The number of hydrogen-bond donors (Lipinski definition) is 2. The quantitative estimate of drug-likeness (QED) is 0.484. The van der Waals surface area contributed by atoms with Crippen LogP contribution in [0.5, 0.6) is 5.75 Å². The summed E-state index contributed by atoms with van der Waals surface area (Å²) in [4.78, 5) is 15.1. The molecule has 8 nitrogen and oxygen atoms in total. The average molecular weight is 496 g/mol. The third-order valence-electron chi connectivity index (χ3n) is 5.66. The van der Waals surface area contributed by atoms with Crippen molar-refractivity contribution < 1.29 is 22.7 Å². The van der Waals surface area contributed by atoms with E-state index < -0.39 is 10.0 Å². The summed E-state index contributed by atoms with van der Waals surface area (Å²) >= 11 is 0. The number of amides is 1. The summed E-state index contributed by atoms with van der Waals surface area (Å²) in [5.74, 6) is 0.347. The second-order valence-corrected chi connectivity index (χ2v) is 9.79. The fourth-order valence-corrected chi connectivity index (χ4v) is 5.14. The van der Waals surface area contributed by atoms with Crippen molar-refractivity contribution >= 4 is 33.0 Å². The van der Waals surface area contributed by atoms with E-state index in [9.17, 15) is 13.2 Å². The van der Waals surface area contributed by atoms with E-state index in [4.69, 9.17) is 9.47 Å². The van der Waals surface area contributed by atoms with Crippen molar-refractivity contribution in [1.29, 1.82) is 0 Å². The molecule has 0 atom stereocenters. The van der Waals surface area contributed by atoms with Gasteiger partial charge in [0.2, 0.25) is 0 Å². The van der Waals surface area contributed by atoms with Crippen LogP contribution in [-0.4, -0.2) is 47.2 Å².